The maximum atomic E-state index is 12.0. The summed E-state index contributed by atoms with van der Waals surface area (Å²) in [5.74, 6) is -0.440. The van der Waals surface area contributed by atoms with Gasteiger partial charge in [0.1, 0.15) is 0 Å². The van der Waals surface area contributed by atoms with E-state index in [9.17, 15) is 9.59 Å². The van der Waals surface area contributed by atoms with Crippen molar-refractivity contribution in [2.45, 2.75) is 26.7 Å². The van der Waals surface area contributed by atoms with Crippen molar-refractivity contribution < 1.29 is 14.3 Å². The minimum Gasteiger partial charge on any atom is -0.462 e. The van der Waals surface area contributed by atoms with Crippen molar-refractivity contribution >= 4 is 23.3 Å². The minimum absolute atomic E-state index is 0.0784. The standard InChI is InChI=1S/C20H24N2O3/c1-3-15-7-5-6-8-18(15)21-14-13-19(23)22-17-11-9-16(10-12-17)20(24)25-4-2/h5-12,21H,3-4,13-14H2,1-2H3,(H,22,23). The molecule has 0 aromatic heterocycles. The predicted molar refractivity (Wildman–Crippen MR) is 100.0 cm³/mol. The Balaban J connectivity index is 1.81. The van der Waals surface area contributed by atoms with Crippen LogP contribution in [0.2, 0.25) is 0 Å². The van der Waals surface area contributed by atoms with Crippen LogP contribution in [-0.4, -0.2) is 25.0 Å². The number of rotatable bonds is 8. The van der Waals surface area contributed by atoms with Crippen molar-refractivity contribution in [2.75, 3.05) is 23.8 Å². The van der Waals surface area contributed by atoms with E-state index in [-0.39, 0.29) is 11.9 Å². The van der Waals surface area contributed by atoms with Gasteiger partial charge in [-0.2, -0.15) is 0 Å². The van der Waals surface area contributed by atoms with Gasteiger partial charge in [-0.25, -0.2) is 4.79 Å². The number of esters is 1. The number of benzene rings is 2. The first kappa shape index (κ1) is 18.5. The maximum absolute atomic E-state index is 12.0. The highest BCUT2D eigenvalue weighted by molar-refractivity contribution is 5.93. The van der Waals surface area contributed by atoms with E-state index in [1.165, 1.54) is 5.56 Å². The van der Waals surface area contributed by atoms with Crippen LogP contribution in [0.3, 0.4) is 0 Å². The van der Waals surface area contributed by atoms with Crippen LogP contribution in [0, 0.1) is 0 Å². The molecule has 0 aliphatic carbocycles. The monoisotopic (exact) mass is 340 g/mol. The van der Waals surface area contributed by atoms with E-state index < -0.39 is 0 Å². The summed E-state index contributed by atoms with van der Waals surface area (Å²) >= 11 is 0. The second-order valence-electron chi connectivity index (χ2n) is 5.53. The first-order chi connectivity index (χ1) is 12.1. The Bertz CT molecular complexity index is 711. The molecular weight excluding hydrogens is 316 g/mol. The van der Waals surface area contributed by atoms with Crippen molar-refractivity contribution in [1.29, 1.82) is 0 Å². The number of nitrogens with one attached hydrogen (secondary N) is 2. The normalized spacial score (nSPS) is 10.2. The lowest BCUT2D eigenvalue weighted by Gasteiger charge is -2.11. The van der Waals surface area contributed by atoms with E-state index >= 15 is 0 Å². The van der Waals surface area contributed by atoms with E-state index in [0.717, 1.165) is 12.1 Å². The third-order valence-electron chi connectivity index (χ3n) is 3.75. The largest absolute Gasteiger partial charge is 0.462 e. The summed E-state index contributed by atoms with van der Waals surface area (Å²) in [5.41, 5.74) is 3.43. The van der Waals surface area contributed by atoms with Crippen molar-refractivity contribution in [1.82, 2.24) is 0 Å². The molecule has 2 aromatic carbocycles. The number of carbonyl (C=O) groups excluding carboxylic acids is 2. The summed E-state index contributed by atoms with van der Waals surface area (Å²) < 4.78 is 4.93. The SMILES string of the molecule is CCOC(=O)c1ccc(NC(=O)CCNc2ccccc2CC)cc1. The van der Waals surface area contributed by atoms with Crippen LogP contribution in [-0.2, 0) is 16.0 Å². The van der Waals surface area contributed by atoms with Gasteiger partial charge in [-0.15, -0.1) is 0 Å². The average Bonchev–Trinajstić information content (AvgIpc) is 2.63. The topological polar surface area (TPSA) is 67.4 Å². The molecule has 0 radical (unpaired) electrons. The van der Waals surface area contributed by atoms with Crippen LogP contribution < -0.4 is 10.6 Å². The van der Waals surface area contributed by atoms with Crippen LogP contribution in [0.25, 0.3) is 0 Å². The number of ether oxygens (including phenoxy) is 1. The van der Waals surface area contributed by atoms with E-state index in [4.69, 9.17) is 4.74 Å². The molecule has 0 fully saturated rings. The summed E-state index contributed by atoms with van der Waals surface area (Å²) in [6, 6.07) is 14.8. The highest BCUT2D eigenvalue weighted by Crippen LogP contribution is 2.15. The Kier molecular flexibility index (Phi) is 7.01. The molecule has 0 saturated carbocycles. The Labute approximate surface area is 148 Å². The number of carbonyl (C=O) groups is 2. The van der Waals surface area contributed by atoms with Crippen molar-refractivity contribution in [3.05, 3.63) is 59.7 Å². The van der Waals surface area contributed by atoms with Gasteiger partial charge in [0.25, 0.3) is 0 Å². The molecule has 0 atom stereocenters. The molecule has 0 heterocycles. The lowest BCUT2D eigenvalue weighted by Crippen LogP contribution is -2.16. The molecular formula is C20H24N2O3. The van der Waals surface area contributed by atoms with Crippen LogP contribution in [0.5, 0.6) is 0 Å². The molecule has 5 nitrogen and oxygen atoms in total. The van der Waals surface area contributed by atoms with Crippen LogP contribution in [0.15, 0.2) is 48.5 Å². The molecule has 2 rings (SSSR count). The number of anilines is 2. The quantitative estimate of drug-likeness (QED) is 0.716. The van der Waals surface area contributed by atoms with Gasteiger partial charge in [0.05, 0.1) is 12.2 Å². The molecule has 132 valence electrons. The van der Waals surface area contributed by atoms with Crippen LogP contribution in [0.1, 0.15) is 36.2 Å². The molecule has 2 N–H and O–H groups in total. The number of hydrogen-bond acceptors (Lipinski definition) is 4. The molecule has 2 aromatic rings. The second kappa shape index (κ2) is 9.47. The second-order valence-corrected chi connectivity index (χ2v) is 5.53. The lowest BCUT2D eigenvalue weighted by molar-refractivity contribution is -0.115. The highest BCUT2D eigenvalue weighted by Gasteiger charge is 2.07. The summed E-state index contributed by atoms with van der Waals surface area (Å²) in [5, 5.41) is 6.12. The molecule has 5 heteroatoms. The highest BCUT2D eigenvalue weighted by atomic mass is 16.5. The molecule has 0 bridgehead atoms. The number of hydrogen-bond donors (Lipinski definition) is 2. The van der Waals surface area contributed by atoms with Gasteiger partial charge >= 0.3 is 5.97 Å². The van der Waals surface area contributed by atoms with Gasteiger partial charge in [-0.1, -0.05) is 25.1 Å². The fraction of sp³-hybridized carbons (Fsp3) is 0.300. The zero-order valence-corrected chi connectivity index (χ0v) is 14.7. The fourth-order valence-corrected chi connectivity index (χ4v) is 2.44. The van der Waals surface area contributed by atoms with E-state index in [1.54, 1.807) is 31.2 Å². The third kappa shape index (κ3) is 5.64. The number of aryl methyl sites for hydroxylation is 1. The summed E-state index contributed by atoms with van der Waals surface area (Å²) in [6.07, 6.45) is 1.31. The Morgan fingerprint density at radius 2 is 1.72 bits per heavy atom. The number of para-hydroxylation sites is 1. The Morgan fingerprint density at radius 3 is 2.40 bits per heavy atom. The van der Waals surface area contributed by atoms with Crippen molar-refractivity contribution in [3.63, 3.8) is 0 Å². The van der Waals surface area contributed by atoms with Gasteiger partial charge in [0.15, 0.2) is 0 Å². The third-order valence-corrected chi connectivity index (χ3v) is 3.75. The molecule has 0 aliphatic heterocycles. The summed E-state index contributed by atoms with van der Waals surface area (Å²) in [7, 11) is 0. The molecule has 0 aliphatic rings. The van der Waals surface area contributed by atoms with E-state index in [2.05, 4.69) is 23.6 Å². The lowest BCUT2D eigenvalue weighted by atomic mass is 10.1. The van der Waals surface area contributed by atoms with Gasteiger partial charge in [0.2, 0.25) is 5.91 Å². The minimum atomic E-state index is -0.362. The van der Waals surface area contributed by atoms with Gasteiger partial charge in [-0.3, -0.25) is 4.79 Å². The van der Waals surface area contributed by atoms with E-state index in [0.29, 0.717) is 30.8 Å². The molecule has 1 amide bonds. The van der Waals surface area contributed by atoms with Crippen molar-refractivity contribution in [2.24, 2.45) is 0 Å². The van der Waals surface area contributed by atoms with Crippen LogP contribution in [0.4, 0.5) is 11.4 Å². The molecule has 0 spiro atoms. The first-order valence-corrected chi connectivity index (χ1v) is 8.52. The maximum Gasteiger partial charge on any atom is 0.338 e. The predicted octanol–water partition coefficient (Wildman–Crippen LogP) is 3.87. The average molecular weight is 340 g/mol. The number of amides is 1. The Morgan fingerprint density at radius 1 is 1.00 bits per heavy atom. The molecule has 25 heavy (non-hydrogen) atoms. The van der Waals surface area contributed by atoms with E-state index in [1.807, 2.05) is 18.2 Å². The zero-order chi connectivity index (χ0) is 18.1. The zero-order valence-electron chi connectivity index (χ0n) is 14.7. The van der Waals surface area contributed by atoms with Gasteiger partial charge in [-0.05, 0) is 49.2 Å². The summed E-state index contributed by atoms with van der Waals surface area (Å²) in [6.45, 7) is 4.77. The molecule has 0 saturated heterocycles. The van der Waals surface area contributed by atoms with Gasteiger partial charge < -0.3 is 15.4 Å². The Hall–Kier alpha value is -2.82. The van der Waals surface area contributed by atoms with Crippen LogP contribution >= 0.6 is 0 Å². The van der Waals surface area contributed by atoms with Gasteiger partial charge in [0, 0.05) is 24.3 Å². The fourth-order valence-electron chi connectivity index (χ4n) is 2.44. The molecule has 0 unspecified atom stereocenters. The summed E-state index contributed by atoms with van der Waals surface area (Å²) in [4.78, 5) is 23.6. The van der Waals surface area contributed by atoms with Crippen molar-refractivity contribution in [3.8, 4) is 0 Å². The smallest absolute Gasteiger partial charge is 0.338 e. The first-order valence-electron chi connectivity index (χ1n) is 8.52.